The van der Waals surface area contributed by atoms with Crippen molar-refractivity contribution in [2.24, 2.45) is 0 Å². The molecule has 0 heterocycles. The molecular weight excluding hydrogens is 286 g/mol. The first kappa shape index (κ1) is 15.9. The first-order valence-electron chi connectivity index (χ1n) is 8.75. The Hall–Kier alpha value is -2.03. The van der Waals surface area contributed by atoms with E-state index in [2.05, 4.69) is 5.32 Å². The lowest BCUT2D eigenvalue weighted by molar-refractivity contribution is 0.0931. The van der Waals surface area contributed by atoms with Gasteiger partial charge in [0, 0.05) is 6.04 Å². The van der Waals surface area contributed by atoms with Crippen molar-refractivity contribution in [2.45, 2.75) is 51.5 Å². The monoisotopic (exact) mass is 311 g/mol. The molecule has 1 saturated carbocycles. The third-order valence-corrected chi connectivity index (χ3v) is 4.61. The molecule has 0 unspecified atom stereocenters. The third kappa shape index (κ3) is 3.66. The number of nitrogens with one attached hydrogen (secondary N) is 1. The van der Waals surface area contributed by atoms with Gasteiger partial charge in [-0.15, -0.1) is 0 Å². The molecule has 1 N–H and O–H groups in total. The predicted octanol–water partition coefficient (Wildman–Crippen LogP) is 4.69. The molecule has 1 aliphatic carbocycles. The van der Waals surface area contributed by atoms with Crippen LogP contribution in [0.1, 0.15) is 55.8 Å². The van der Waals surface area contributed by atoms with Gasteiger partial charge in [0.05, 0.1) is 12.2 Å². The molecule has 0 spiro atoms. The fourth-order valence-corrected chi connectivity index (χ4v) is 3.44. The van der Waals surface area contributed by atoms with Gasteiger partial charge < -0.3 is 10.1 Å². The smallest absolute Gasteiger partial charge is 0.255 e. The topological polar surface area (TPSA) is 38.3 Å². The highest BCUT2D eigenvalue weighted by atomic mass is 16.5. The average molecular weight is 311 g/mol. The summed E-state index contributed by atoms with van der Waals surface area (Å²) in [6, 6.07) is 12.2. The number of benzene rings is 2. The Morgan fingerprint density at radius 3 is 2.57 bits per heavy atom. The van der Waals surface area contributed by atoms with Crippen LogP contribution in [0.2, 0.25) is 0 Å². The zero-order valence-electron chi connectivity index (χ0n) is 13.8. The number of ether oxygens (including phenoxy) is 1. The maximum atomic E-state index is 12.9. The molecular formula is C20H25NO2. The molecule has 1 fully saturated rings. The van der Waals surface area contributed by atoms with Gasteiger partial charge in [0.2, 0.25) is 0 Å². The number of amides is 1. The van der Waals surface area contributed by atoms with E-state index >= 15 is 0 Å². The predicted molar refractivity (Wildman–Crippen MR) is 94.1 cm³/mol. The summed E-state index contributed by atoms with van der Waals surface area (Å²) < 4.78 is 5.72. The molecule has 23 heavy (non-hydrogen) atoms. The van der Waals surface area contributed by atoms with Gasteiger partial charge in [0.1, 0.15) is 5.75 Å². The first-order chi connectivity index (χ1) is 11.3. The molecule has 1 amide bonds. The van der Waals surface area contributed by atoms with E-state index in [0.29, 0.717) is 24.0 Å². The van der Waals surface area contributed by atoms with E-state index in [1.807, 2.05) is 43.3 Å². The molecule has 0 bridgehead atoms. The number of rotatable bonds is 4. The minimum Gasteiger partial charge on any atom is -0.493 e. The first-order valence-corrected chi connectivity index (χ1v) is 8.75. The van der Waals surface area contributed by atoms with E-state index in [-0.39, 0.29) is 5.91 Å². The van der Waals surface area contributed by atoms with Crippen molar-refractivity contribution in [1.29, 1.82) is 0 Å². The van der Waals surface area contributed by atoms with Crippen molar-refractivity contribution >= 4 is 16.7 Å². The zero-order valence-corrected chi connectivity index (χ0v) is 13.8. The second-order valence-electron chi connectivity index (χ2n) is 6.25. The summed E-state index contributed by atoms with van der Waals surface area (Å²) >= 11 is 0. The van der Waals surface area contributed by atoms with Gasteiger partial charge in [0.15, 0.2) is 0 Å². The molecule has 0 atom stereocenters. The Bertz CT molecular complexity index is 672. The fraction of sp³-hybridized carbons (Fsp3) is 0.450. The second kappa shape index (κ2) is 7.49. The lowest BCUT2D eigenvalue weighted by atomic mass is 10.0. The van der Waals surface area contributed by atoms with E-state index in [1.54, 1.807) is 0 Å². The zero-order chi connectivity index (χ0) is 16.1. The summed E-state index contributed by atoms with van der Waals surface area (Å²) in [5, 5.41) is 5.28. The van der Waals surface area contributed by atoms with E-state index in [1.165, 1.54) is 25.7 Å². The Labute approximate surface area is 138 Å². The third-order valence-electron chi connectivity index (χ3n) is 4.61. The van der Waals surface area contributed by atoms with Crippen LogP contribution in [0.3, 0.4) is 0 Å². The number of hydrogen-bond donors (Lipinski definition) is 1. The summed E-state index contributed by atoms with van der Waals surface area (Å²) in [6.45, 7) is 2.50. The molecule has 0 saturated heterocycles. The SMILES string of the molecule is CCOc1ccc2ccccc2c1C(=O)NC1CCCCCC1. The van der Waals surface area contributed by atoms with Crippen molar-refractivity contribution in [2.75, 3.05) is 6.61 Å². The van der Waals surface area contributed by atoms with Crippen molar-refractivity contribution in [3.05, 3.63) is 42.0 Å². The van der Waals surface area contributed by atoms with Crippen molar-refractivity contribution in [3.8, 4) is 5.75 Å². The van der Waals surface area contributed by atoms with Crippen molar-refractivity contribution < 1.29 is 9.53 Å². The molecule has 3 heteroatoms. The van der Waals surface area contributed by atoms with Gasteiger partial charge >= 0.3 is 0 Å². The maximum absolute atomic E-state index is 12.9. The molecule has 1 aliphatic rings. The molecule has 3 nitrogen and oxygen atoms in total. The molecule has 2 aromatic carbocycles. The fourth-order valence-electron chi connectivity index (χ4n) is 3.44. The second-order valence-corrected chi connectivity index (χ2v) is 6.25. The van der Waals surface area contributed by atoms with Crippen LogP contribution in [0.5, 0.6) is 5.75 Å². The molecule has 0 radical (unpaired) electrons. The number of hydrogen-bond acceptors (Lipinski definition) is 2. The minimum absolute atomic E-state index is 0.00264. The van der Waals surface area contributed by atoms with Crippen molar-refractivity contribution in [3.63, 3.8) is 0 Å². The highest BCUT2D eigenvalue weighted by molar-refractivity contribution is 6.09. The van der Waals surface area contributed by atoms with Crippen LogP contribution in [0.4, 0.5) is 0 Å². The maximum Gasteiger partial charge on any atom is 0.255 e. The molecule has 2 aromatic rings. The van der Waals surface area contributed by atoms with E-state index in [9.17, 15) is 4.79 Å². The Morgan fingerprint density at radius 2 is 1.83 bits per heavy atom. The van der Waals surface area contributed by atoms with Gasteiger partial charge in [-0.2, -0.15) is 0 Å². The molecule has 0 aromatic heterocycles. The van der Waals surface area contributed by atoms with Crippen molar-refractivity contribution in [1.82, 2.24) is 5.32 Å². The molecule has 0 aliphatic heterocycles. The largest absolute Gasteiger partial charge is 0.493 e. The highest BCUT2D eigenvalue weighted by Crippen LogP contribution is 2.29. The Balaban J connectivity index is 1.92. The van der Waals surface area contributed by atoms with Crippen LogP contribution < -0.4 is 10.1 Å². The van der Waals surface area contributed by atoms with Gasteiger partial charge in [-0.05, 0) is 36.6 Å². The van der Waals surface area contributed by atoms with Crippen LogP contribution in [0, 0.1) is 0 Å². The van der Waals surface area contributed by atoms with Gasteiger partial charge in [-0.3, -0.25) is 4.79 Å². The van der Waals surface area contributed by atoms with E-state index in [4.69, 9.17) is 4.74 Å². The lowest BCUT2D eigenvalue weighted by Crippen LogP contribution is -2.34. The number of fused-ring (bicyclic) bond motifs is 1. The Morgan fingerprint density at radius 1 is 1.09 bits per heavy atom. The summed E-state index contributed by atoms with van der Waals surface area (Å²) in [5.74, 6) is 0.675. The summed E-state index contributed by atoms with van der Waals surface area (Å²) in [4.78, 5) is 12.9. The highest BCUT2D eigenvalue weighted by Gasteiger charge is 2.20. The number of carbonyl (C=O) groups is 1. The lowest BCUT2D eigenvalue weighted by Gasteiger charge is -2.19. The van der Waals surface area contributed by atoms with Crippen LogP contribution in [-0.4, -0.2) is 18.6 Å². The van der Waals surface area contributed by atoms with E-state index < -0.39 is 0 Å². The van der Waals surface area contributed by atoms with Gasteiger partial charge in [0.25, 0.3) is 5.91 Å². The summed E-state index contributed by atoms with van der Waals surface area (Å²) in [5.41, 5.74) is 0.675. The van der Waals surface area contributed by atoms with Crippen LogP contribution >= 0.6 is 0 Å². The minimum atomic E-state index is -0.00264. The summed E-state index contributed by atoms with van der Waals surface area (Å²) in [6.07, 6.45) is 7.15. The summed E-state index contributed by atoms with van der Waals surface area (Å²) in [7, 11) is 0. The quantitative estimate of drug-likeness (QED) is 0.832. The van der Waals surface area contributed by atoms with Crippen LogP contribution in [0.15, 0.2) is 36.4 Å². The number of carbonyl (C=O) groups excluding carboxylic acids is 1. The standard InChI is InChI=1S/C20H25NO2/c1-2-23-18-14-13-15-9-7-8-12-17(15)19(18)20(22)21-16-10-5-3-4-6-11-16/h7-9,12-14,16H,2-6,10-11H2,1H3,(H,21,22). The van der Waals surface area contributed by atoms with Crippen LogP contribution in [-0.2, 0) is 0 Å². The van der Waals surface area contributed by atoms with Crippen LogP contribution in [0.25, 0.3) is 10.8 Å². The average Bonchev–Trinajstić information content (AvgIpc) is 2.83. The van der Waals surface area contributed by atoms with E-state index in [0.717, 1.165) is 23.6 Å². The van der Waals surface area contributed by atoms with Gasteiger partial charge in [-0.25, -0.2) is 0 Å². The molecule has 122 valence electrons. The normalized spacial score (nSPS) is 16.0. The van der Waals surface area contributed by atoms with Gasteiger partial charge in [-0.1, -0.05) is 56.0 Å². The molecule has 3 rings (SSSR count). The Kier molecular flexibility index (Phi) is 5.16.